The number of anilines is 1. The normalized spacial score (nSPS) is 30.3. The lowest BCUT2D eigenvalue weighted by molar-refractivity contribution is -0.0179. The molecule has 1 saturated heterocycles. The summed E-state index contributed by atoms with van der Waals surface area (Å²) in [5, 5.41) is 13.8. The Morgan fingerprint density at radius 3 is 2.76 bits per heavy atom. The molecule has 1 fully saturated rings. The molecule has 2 aromatic carbocycles. The Morgan fingerprint density at radius 2 is 1.90 bits per heavy atom. The van der Waals surface area contributed by atoms with Crippen molar-refractivity contribution in [1.29, 1.82) is 0 Å². The Labute approximate surface area is 124 Å². The van der Waals surface area contributed by atoms with E-state index in [1.807, 2.05) is 24.3 Å². The van der Waals surface area contributed by atoms with Gasteiger partial charge in [0.25, 0.3) is 0 Å². The van der Waals surface area contributed by atoms with Crippen molar-refractivity contribution < 1.29 is 9.84 Å². The van der Waals surface area contributed by atoms with Crippen molar-refractivity contribution in [3.63, 3.8) is 0 Å². The molecule has 3 nitrogen and oxygen atoms in total. The van der Waals surface area contributed by atoms with Crippen LogP contribution >= 0.6 is 0 Å². The van der Waals surface area contributed by atoms with Crippen molar-refractivity contribution in [3.8, 4) is 5.75 Å². The zero-order valence-corrected chi connectivity index (χ0v) is 12.0. The van der Waals surface area contributed by atoms with E-state index in [4.69, 9.17) is 4.74 Å². The summed E-state index contributed by atoms with van der Waals surface area (Å²) in [6.07, 6.45) is 0.997. The number of fused-ring (bicyclic) bond motifs is 3. The van der Waals surface area contributed by atoms with Gasteiger partial charge in [-0.3, -0.25) is 0 Å². The smallest absolute Gasteiger partial charge is 0.120 e. The van der Waals surface area contributed by atoms with Crippen LogP contribution in [0.2, 0.25) is 0 Å². The highest BCUT2D eigenvalue weighted by molar-refractivity contribution is 5.59. The van der Waals surface area contributed by atoms with Gasteiger partial charge in [-0.2, -0.15) is 0 Å². The van der Waals surface area contributed by atoms with Crippen molar-refractivity contribution in [3.05, 3.63) is 59.7 Å². The molecule has 0 bridgehead atoms. The first-order chi connectivity index (χ1) is 10.2. The molecular formula is C18H19NO2. The molecule has 0 saturated carbocycles. The van der Waals surface area contributed by atoms with Crippen LogP contribution in [0.15, 0.2) is 48.5 Å². The van der Waals surface area contributed by atoms with Crippen LogP contribution in [-0.4, -0.2) is 11.7 Å². The van der Waals surface area contributed by atoms with E-state index in [-0.39, 0.29) is 11.6 Å². The van der Waals surface area contributed by atoms with Crippen LogP contribution in [0.4, 0.5) is 5.69 Å². The number of hydrogen-bond acceptors (Lipinski definition) is 3. The number of benzene rings is 2. The van der Waals surface area contributed by atoms with E-state index in [1.54, 1.807) is 6.07 Å². The average molecular weight is 281 g/mol. The van der Waals surface area contributed by atoms with Gasteiger partial charge in [0.15, 0.2) is 0 Å². The predicted octanol–water partition coefficient (Wildman–Crippen LogP) is 3.81. The first-order valence-corrected chi connectivity index (χ1v) is 7.48. The standard InChI is InChI=1S/C18H19NO2/c1-18-13-7-3-4-8-15(13)19-17(14(18)10-11-21-18)12-6-2-5-9-16(12)20/h2-9,14,17,19-20H,10-11H2,1H3. The van der Waals surface area contributed by atoms with Crippen LogP contribution in [0, 0.1) is 5.92 Å². The van der Waals surface area contributed by atoms with Crippen molar-refractivity contribution >= 4 is 5.69 Å². The highest BCUT2D eigenvalue weighted by Crippen LogP contribution is 2.54. The van der Waals surface area contributed by atoms with E-state index in [0.29, 0.717) is 11.7 Å². The van der Waals surface area contributed by atoms with Gasteiger partial charge in [0.1, 0.15) is 5.75 Å². The van der Waals surface area contributed by atoms with Crippen LogP contribution in [0.1, 0.15) is 30.5 Å². The molecule has 2 N–H and O–H groups in total. The first-order valence-electron chi connectivity index (χ1n) is 7.48. The molecule has 0 amide bonds. The lowest BCUT2D eigenvalue weighted by Gasteiger charge is -2.43. The monoisotopic (exact) mass is 281 g/mol. The van der Waals surface area contributed by atoms with Gasteiger partial charge in [-0.15, -0.1) is 0 Å². The number of para-hydroxylation sites is 2. The van der Waals surface area contributed by atoms with E-state index >= 15 is 0 Å². The second-order valence-corrected chi connectivity index (χ2v) is 6.08. The Bertz CT molecular complexity index is 684. The van der Waals surface area contributed by atoms with Crippen molar-refractivity contribution in [2.75, 3.05) is 11.9 Å². The Morgan fingerprint density at radius 1 is 1.14 bits per heavy atom. The summed E-state index contributed by atoms with van der Waals surface area (Å²) in [6.45, 7) is 2.94. The molecule has 0 aromatic heterocycles. The topological polar surface area (TPSA) is 41.5 Å². The van der Waals surface area contributed by atoms with Crippen molar-refractivity contribution in [1.82, 2.24) is 0 Å². The molecule has 3 heteroatoms. The van der Waals surface area contributed by atoms with Gasteiger partial charge < -0.3 is 15.2 Å². The molecule has 3 unspecified atom stereocenters. The summed E-state index contributed by atoms with van der Waals surface area (Å²) < 4.78 is 6.14. The molecule has 3 atom stereocenters. The van der Waals surface area contributed by atoms with E-state index < -0.39 is 0 Å². The van der Waals surface area contributed by atoms with Gasteiger partial charge in [-0.1, -0.05) is 36.4 Å². The summed E-state index contributed by atoms with van der Waals surface area (Å²) in [4.78, 5) is 0. The fourth-order valence-corrected chi connectivity index (χ4v) is 3.90. The molecule has 21 heavy (non-hydrogen) atoms. The lowest BCUT2D eigenvalue weighted by Crippen LogP contribution is -2.40. The fraction of sp³-hybridized carbons (Fsp3) is 0.333. The van der Waals surface area contributed by atoms with E-state index in [1.165, 1.54) is 5.56 Å². The fourth-order valence-electron chi connectivity index (χ4n) is 3.90. The van der Waals surface area contributed by atoms with E-state index in [2.05, 4.69) is 30.4 Å². The summed E-state index contributed by atoms with van der Waals surface area (Å²) in [7, 11) is 0. The largest absolute Gasteiger partial charge is 0.508 e. The summed E-state index contributed by atoms with van der Waals surface area (Å²) in [5.41, 5.74) is 2.99. The van der Waals surface area contributed by atoms with Crippen LogP contribution < -0.4 is 5.32 Å². The number of rotatable bonds is 1. The van der Waals surface area contributed by atoms with Crippen LogP contribution in [0.5, 0.6) is 5.75 Å². The van der Waals surface area contributed by atoms with Crippen molar-refractivity contribution in [2.45, 2.75) is 25.0 Å². The minimum atomic E-state index is -0.283. The third kappa shape index (κ3) is 1.77. The molecule has 2 aromatic rings. The van der Waals surface area contributed by atoms with Crippen LogP contribution in [0.3, 0.4) is 0 Å². The van der Waals surface area contributed by atoms with Gasteiger partial charge in [0, 0.05) is 29.3 Å². The summed E-state index contributed by atoms with van der Waals surface area (Å²) >= 11 is 0. The number of phenolic OH excluding ortho intramolecular Hbond substituents is 1. The molecule has 108 valence electrons. The molecule has 0 spiro atoms. The first kappa shape index (κ1) is 12.7. The lowest BCUT2D eigenvalue weighted by atomic mass is 9.73. The number of aromatic hydroxyl groups is 1. The Balaban J connectivity index is 1.87. The Hall–Kier alpha value is -2.00. The molecular weight excluding hydrogens is 262 g/mol. The second kappa shape index (κ2) is 4.50. The number of ether oxygens (including phenoxy) is 1. The maximum atomic E-state index is 10.2. The zero-order valence-electron chi connectivity index (χ0n) is 12.0. The maximum absolute atomic E-state index is 10.2. The van der Waals surface area contributed by atoms with Crippen LogP contribution in [-0.2, 0) is 10.3 Å². The van der Waals surface area contributed by atoms with Gasteiger partial charge in [0.2, 0.25) is 0 Å². The summed E-state index contributed by atoms with van der Waals surface area (Å²) in [5.74, 6) is 0.671. The zero-order chi connectivity index (χ0) is 14.4. The van der Waals surface area contributed by atoms with Gasteiger partial charge in [-0.05, 0) is 25.5 Å². The van der Waals surface area contributed by atoms with E-state index in [0.717, 1.165) is 24.3 Å². The third-order valence-corrected chi connectivity index (χ3v) is 4.99. The second-order valence-electron chi connectivity index (χ2n) is 6.08. The average Bonchev–Trinajstić information content (AvgIpc) is 2.90. The minimum Gasteiger partial charge on any atom is -0.508 e. The predicted molar refractivity (Wildman–Crippen MR) is 82.3 cm³/mol. The molecule has 0 radical (unpaired) electrons. The molecule has 2 aliphatic heterocycles. The quantitative estimate of drug-likeness (QED) is 0.835. The molecule has 0 aliphatic carbocycles. The summed E-state index contributed by atoms with van der Waals surface area (Å²) in [6, 6.07) is 16.0. The molecule has 2 aliphatic rings. The number of hydrogen-bond donors (Lipinski definition) is 2. The highest BCUT2D eigenvalue weighted by atomic mass is 16.5. The van der Waals surface area contributed by atoms with E-state index in [9.17, 15) is 5.11 Å². The van der Waals surface area contributed by atoms with Gasteiger partial charge >= 0.3 is 0 Å². The Kier molecular flexibility index (Phi) is 2.73. The maximum Gasteiger partial charge on any atom is 0.120 e. The van der Waals surface area contributed by atoms with Crippen LogP contribution in [0.25, 0.3) is 0 Å². The van der Waals surface area contributed by atoms with Crippen molar-refractivity contribution in [2.24, 2.45) is 5.92 Å². The van der Waals surface area contributed by atoms with Gasteiger partial charge in [0.05, 0.1) is 11.6 Å². The number of nitrogens with one attached hydrogen (secondary N) is 1. The number of phenols is 1. The SMILES string of the molecule is CC12OCCC1C(c1ccccc1O)Nc1ccccc12. The third-order valence-electron chi connectivity index (χ3n) is 4.99. The molecule has 2 heterocycles. The highest BCUT2D eigenvalue weighted by Gasteiger charge is 2.50. The molecule has 4 rings (SSSR count). The minimum absolute atomic E-state index is 0.0774. The van der Waals surface area contributed by atoms with Gasteiger partial charge in [-0.25, -0.2) is 0 Å².